The Morgan fingerprint density at radius 1 is 0.417 bits per heavy atom. The molecule has 0 N–H and O–H groups in total. The van der Waals surface area contributed by atoms with Gasteiger partial charge in [0.05, 0.1) is 0 Å². The largest absolute Gasteiger partial charge is 0.462 e. The normalized spacial score (nSPS) is 22.5. The molecule has 1 saturated heterocycles. The summed E-state index contributed by atoms with van der Waals surface area (Å²) in [5, 5.41) is 0. The van der Waals surface area contributed by atoms with E-state index >= 15 is 0 Å². The van der Waals surface area contributed by atoms with Crippen LogP contribution in [-0.4, -0.2) is 25.2 Å². The van der Waals surface area contributed by atoms with Crippen LogP contribution in [0.2, 0.25) is 0 Å². The topological polar surface area (TPSA) is 52.6 Å². The zero-order chi connectivity index (χ0) is 17.3. The molecule has 1 fully saturated rings. The molecule has 4 heteroatoms. The van der Waals surface area contributed by atoms with Crippen molar-refractivity contribution in [3.05, 3.63) is 0 Å². The molecule has 0 atom stereocenters. The Kier molecular flexibility index (Phi) is 13.5. The van der Waals surface area contributed by atoms with Crippen molar-refractivity contribution in [2.45, 2.75) is 103 Å². The van der Waals surface area contributed by atoms with Gasteiger partial charge in [0.15, 0.2) is 0 Å². The average Bonchev–Trinajstić information content (AvgIpc) is 2.57. The number of rotatable bonds is 0. The van der Waals surface area contributed by atoms with Crippen LogP contribution in [0, 0.1) is 0 Å². The molecule has 0 aromatic rings. The van der Waals surface area contributed by atoms with Gasteiger partial charge in [0.1, 0.15) is 13.2 Å². The number of hydrogen-bond acceptors (Lipinski definition) is 4. The smallest absolute Gasteiger partial charge is 0.305 e. The summed E-state index contributed by atoms with van der Waals surface area (Å²) < 4.78 is 10.2. The monoisotopic (exact) mass is 340 g/mol. The van der Waals surface area contributed by atoms with Crippen molar-refractivity contribution in [3.63, 3.8) is 0 Å². The number of hydrogen-bond donors (Lipinski definition) is 0. The number of ether oxygens (including phenoxy) is 2. The quantitative estimate of drug-likeness (QED) is 0.559. The van der Waals surface area contributed by atoms with Crippen LogP contribution in [0.5, 0.6) is 0 Å². The third-order valence-corrected chi connectivity index (χ3v) is 4.62. The highest BCUT2D eigenvalue weighted by atomic mass is 16.6. The Bertz CT molecular complexity index is 296. The minimum atomic E-state index is -0.173. The van der Waals surface area contributed by atoms with Gasteiger partial charge in [-0.25, -0.2) is 0 Å². The van der Waals surface area contributed by atoms with Crippen LogP contribution in [0.3, 0.4) is 0 Å². The van der Waals surface area contributed by atoms with Crippen molar-refractivity contribution in [2.75, 3.05) is 13.2 Å². The second-order valence-electron chi connectivity index (χ2n) is 6.89. The molecular weight excluding hydrogens is 304 g/mol. The summed E-state index contributed by atoms with van der Waals surface area (Å²) in [5.74, 6) is -0.346. The number of carbonyl (C=O) groups is 2. The molecule has 0 spiro atoms. The Labute approximate surface area is 147 Å². The maximum Gasteiger partial charge on any atom is 0.305 e. The lowest BCUT2D eigenvalue weighted by Crippen LogP contribution is -2.13. The molecule has 1 rings (SSSR count). The molecule has 0 saturated carbocycles. The number of carbonyl (C=O) groups excluding carboxylic acids is 2. The molecule has 140 valence electrons. The highest BCUT2D eigenvalue weighted by Gasteiger charge is 2.05. The fraction of sp³-hybridized carbons (Fsp3) is 0.900. The summed E-state index contributed by atoms with van der Waals surface area (Å²) in [4.78, 5) is 23.1. The molecule has 1 aliphatic heterocycles. The second kappa shape index (κ2) is 15.5. The predicted octanol–water partition coefficient (Wildman–Crippen LogP) is 5.33. The summed E-state index contributed by atoms with van der Waals surface area (Å²) >= 11 is 0. The van der Waals surface area contributed by atoms with Gasteiger partial charge in [0.25, 0.3) is 0 Å². The van der Waals surface area contributed by atoms with E-state index < -0.39 is 0 Å². The molecule has 0 aromatic carbocycles. The van der Waals surface area contributed by atoms with Crippen LogP contribution in [0.25, 0.3) is 0 Å². The Morgan fingerprint density at radius 3 is 0.958 bits per heavy atom. The van der Waals surface area contributed by atoms with E-state index in [0.717, 1.165) is 25.7 Å². The number of cyclic esters (lactones) is 2. The van der Waals surface area contributed by atoms with Gasteiger partial charge < -0.3 is 9.47 Å². The van der Waals surface area contributed by atoms with Crippen molar-refractivity contribution in [1.82, 2.24) is 0 Å². The molecule has 0 aliphatic carbocycles. The first kappa shape index (κ1) is 21.0. The van der Waals surface area contributed by atoms with E-state index in [4.69, 9.17) is 9.47 Å². The second-order valence-corrected chi connectivity index (χ2v) is 6.89. The number of esters is 2. The summed E-state index contributed by atoms with van der Waals surface area (Å²) in [6, 6.07) is 0. The van der Waals surface area contributed by atoms with Gasteiger partial charge in [-0.15, -0.1) is 0 Å². The fourth-order valence-electron chi connectivity index (χ4n) is 3.12. The molecule has 0 amide bonds. The van der Waals surface area contributed by atoms with E-state index in [0.29, 0.717) is 12.8 Å². The summed E-state index contributed by atoms with van der Waals surface area (Å²) in [5.41, 5.74) is 0. The molecular formula is C20H36O4. The zero-order valence-electron chi connectivity index (χ0n) is 15.4. The van der Waals surface area contributed by atoms with Crippen LogP contribution in [0.1, 0.15) is 103 Å². The minimum Gasteiger partial charge on any atom is -0.462 e. The minimum absolute atomic E-state index is 0.173. The van der Waals surface area contributed by atoms with Crippen LogP contribution < -0.4 is 0 Å². The van der Waals surface area contributed by atoms with Crippen molar-refractivity contribution in [3.8, 4) is 0 Å². The maximum absolute atomic E-state index is 11.5. The van der Waals surface area contributed by atoms with E-state index in [9.17, 15) is 9.59 Å². The molecule has 0 radical (unpaired) electrons. The summed E-state index contributed by atoms with van der Waals surface area (Å²) in [6.07, 6.45) is 18.0. The summed E-state index contributed by atoms with van der Waals surface area (Å²) in [6.45, 7) is 0.370. The Hall–Kier alpha value is -1.06. The van der Waals surface area contributed by atoms with E-state index in [1.165, 1.54) is 64.2 Å². The molecule has 1 heterocycles. The van der Waals surface area contributed by atoms with Crippen LogP contribution in [0.15, 0.2) is 0 Å². The van der Waals surface area contributed by atoms with Gasteiger partial charge in [-0.05, 0) is 12.8 Å². The molecule has 24 heavy (non-hydrogen) atoms. The highest BCUT2D eigenvalue weighted by molar-refractivity contribution is 5.70. The van der Waals surface area contributed by atoms with Gasteiger partial charge >= 0.3 is 11.9 Å². The van der Waals surface area contributed by atoms with Crippen molar-refractivity contribution in [2.24, 2.45) is 0 Å². The van der Waals surface area contributed by atoms with Crippen molar-refractivity contribution in [1.29, 1.82) is 0 Å². The lowest BCUT2D eigenvalue weighted by atomic mass is 10.0. The third kappa shape index (κ3) is 13.4. The molecule has 1 aliphatic rings. The van der Waals surface area contributed by atoms with E-state index in [2.05, 4.69) is 0 Å². The van der Waals surface area contributed by atoms with Crippen LogP contribution >= 0.6 is 0 Å². The third-order valence-electron chi connectivity index (χ3n) is 4.62. The lowest BCUT2D eigenvalue weighted by molar-refractivity contribution is -0.152. The molecule has 0 bridgehead atoms. The van der Waals surface area contributed by atoms with Gasteiger partial charge in [-0.3, -0.25) is 9.59 Å². The van der Waals surface area contributed by atoms with E-state index in [1.54, 1.807) is 0 Å². The van der Waals surface area contributed by atoms with Crippen LogP contribution in [-0.2, 0) is 19.1 Å². The van der Waals surface area contributed by atoms with Crippen molar-refractivity contribution < 1.29 is 19.1 Å². The van der Waals surface area contributed by atoms with Crippen molar-refractivity contribution >= 4 is 11.9 Å². The molecule has 0 unspecified atom stereocenters. The maximum atomic E-state index is 11.5. The lowest BCUT2D eigenvalue weighted by Gasteiger charge is -2.07. The standard InChI is InChI=1S/C20H36O4/c21-19-15-13-11-9-7-5-3-1-2-4-6-8-10-12-14-16-20(22)24-18-17-23-19/h1-18H2. The first-order valence-electron chi connectivity index (χ1n) is 10.1. The van der Waals surface area contributed by atoms with E-state index in [-0.39, 0.29) is 25.2 Å². The Morgan fingerprint density at radius 2 is 0.667 bits per heavy atom. The first-order chi connectivity index (χ1) is 11.8. The van der Waals surface area contributed by atoms with E-state index in [1.807, 2.05) is 0 Å². The highest BCUT2D eigenvalue weighted by Crippen LogP contribution is 2.14. The Balaban J connectivity index is 2.17. The molecule has 4 nitrogen and oxygen atoms in total. The zero-order valence-corrected chi connectivity index (χ0v) is 15.4. The van der Waals surface area contributed by atoms with Gasteiger partial charge in [-0.1, -0.05) is 77.0 Å². The fourth-order valence-corrected chi connectivity index (χ4v) is 3.12. The molecule has 0 aromatic heterocycles. The van der Waals surface area contributed by atoms with Gasteiger partial charge in [0.2, 0.25) is 0 Å². The van der Waals surface area contributed by atoms with Gasteiger partial charge in [0, 0.05) is 12.8 Å². The van der Waals surface area contributed by atoms with Gasteiger partial charge in [-0.2, -0.15) is 0 Å². The average molecular weight is 341 g/mol. The SMILES string of the molecule is O=C1CCCCCCCCCCCCCCCCC(=O)OCCO1. The van der Waals surface area contributed by atoms with Crippen LogP contribution in [0.4, 0.5) is 0 Å². The first-order valence-corrected chi connectivity index (χ1v) is 10.1. The summed E-state index contributed by atoms with van der Waals surface area (Å²) in [7, 11) is 0. The predicted molar refractivity (Wildman–Crippen MR) is 95.8 cm³/mol.